The number of fused-ring (bicyclic) bond motifs is 3. The van der Waals surface area contributed by atoms with Crippen LogP contribution in [0.3, 0.4) is 0 Å². The number of nitrogens with zero attached hydrogens (tertiary/aromatic N) is 2. The Balaban J connectivity index is 1.56. The fraction of sp³-hybridized carbons (Fsp3) is 0.423. The van der Waals surface area contributed by atoms with E-state index in [1.54, 1.807) is 14.0 Å². The van der Waals surface area contributed by atoms with Crippen molar-refractivity contribution >= 4 is 17.8 Å². The second-order valence-electron chi connectivity index (χ2n) is 8.93. The third kappa shape index (κ3) is 2.95. The van der Waals surface area contributed by atoms with Gasteiger partial charge in [-0.3, -0.25) is 24.2 Å². The summed E-state index contributed by atoms with van der Waals surface area (Å²) < 4.78 is 10.4. The largest absolute Gasteiger partial charge is 0.497 e. The molecule has 0 radical (unpaired) electrons. The highest BCUT2D eigenvalue weighted by molar-refractivity contribution is 6.09. The molecule has 5 rings (SSSR count). The van der Waals surface area contributed by atoms with Gasteiger partial charge in [-0.25, -0.2) is 0 Å². The maximum atomic E-state index is 13.4. The number of methoxy groups -OCH3 is 2. The molecule has 3 heterocycles. The normalized spacial score (nSPS) is 28.7. The van der Waals surface area contributed by atoms with Gasteiger partial charge >= 0.3 is 5.97 Å². The van der Waals surface area contributed by atoms with Crippen LogP contribution >= 0.6 is 0 Å². The van der Waals surface area contributed by atoms with Crippen LogP contribution in [-0.4, -0.2) is 60.4 Å². The predicted molar refractivity (Wildman–Crippen MR) is 121 cm³/mol. The summed E-state index contributed by atoms with van der Waals surface area (Å²) in [5, 5.41) is 0. The van der Waals surface area contributed by atoms with Crippen molar-refractivity contribution in [3.05, 3.63) is 54.1 Å². The molecule has 7 nitrogen and oxygen atoms in total. The number of ether oxygens (including phenoxy) is 2. The SMILES string of the molecule is CCN1C(=O)[C@H]2[C@@H](c3ccc(-c4ccc(OC)cc4)cc3)N3CCC[C@@]3(C(=O)OC)[C@H]2C1=O. The van der Waals surface area contributed by atoms with E-state index in [4.69, 9.17) is 9.47 Å². The summed E-state index contributed by atoms with van der Waals surface area (Å²) in [5.41, 5.74) is 1.96. The van der Waals surface area contributed by atoms with Crippen molar-refractivity contribution in [2.45, 2.75) is 31.3 Å². The van der Waals surface area contributed by atoms with Crippen molar-refractivity contribution in [1.29, 1.82) is 0 Å². The molecule has 0 saturated carbocycles. The second kappa shape index (κ2) is 7.99. The molecule has 3 aliphatic heterocycles. The van der Waals surface area contributed by atoms with Gasteiger partial charge in [0.25, 0.3) is 0 Å². The zero-order chi connectivity index (χ0) is 23.3. The summed E-state index contributed by atoms with van der Waals surface area (Å²) in [4.78, 5) is 43.2. The van der Waals surface area contributed by atoms with Crippen LogP contribution in [0.2, 0.25) is 0 Å². The molecule has 2 amide bonds. The predicted octanol–water partition coefficient (Wildman–Crippen LogP) is 3.05. The highest BCUT2D eigenvalue weighted by Crippen LogP contribution is 2.59. The Morgan fingerprint density at radius 3 is 2.21 bits per heavy atom. The molecule has 0 aromatic heterocycles. The Bertz CT molecular complexity index is 1100. The average molecular weight is 449 g/mol. The first kappa shape index (κ1) is 21.6. The first-order chi connectivity index (χ1) is 16.0. The monoisotopic (exact) mass is 448 g/mol. The van der Waals surface area contributed by atoms with Gasteiger partial charge in [-0.2, -0.15) is 0 Å². The summed E-state index contributed by atoms with van der Waals surface area (Å²) in [6.45, 7) is 2.76. The molecule has 2 aromatic carbocycles. The number of carbonyl (C=O) groups is 3. The van der Waals surface area contributed by atoms with E-state index in [1.807, 2.05) is 48.5 Å². The number of hydrogen-bond donors (Lipinski definition) is 0. The number of likely N-dealkylation sites (tertiary alicyclic amines) is 1. The quantitative estimate of drug-likeness (QED) is 0.517. The van der Waals surface area contributed by atoms with Crippen LogP contribution in [0.5, 0.6) is 5.75 Å². The van der Waals surface area contributed by atoms with Crippen LogP contribution in [0.1, 0.15) is 31.4 Å². The van der Waals surface area contributed by atoms with E-state index in [1.165, 1.54) is 12.0 Å². The minimum Gasteiger partial charge on any atom is -0.497 e. The molecule has 0 N–H and O–H groups in total. The first-order valence-electron chi connectivity index (χ1n) is 11.4. The number of rotatable bonds is 5. The smallest absolute Gasteiger partial charge is 0.327 e. The molecule has 33 heavy (non-hydrogen) atoms. The lowest BCUT2D eigenvalue weighted by Gasteiger charge is -2.36. The minimum absolute atomic E-state index is 0.186. The highest BCUT2D eigenvalue weighted by atomic mass is 16.5. The van der Waals surface area contributed by atoms with Crippen LogP contribution in [0.25, 0.3) is 11.1 Å². The molecular formula is C26H28N2O5. The van der Waals surface area contributed by atoms with Gasteiger partial charge in [0.15, 0.2) is 0 Å². The van der Waals surface area contributed by atoms with Crippen molar-refractivity contribution in [2.75, 3.05) is 27.3 Å². The van der Waals surface area contributed by atoms with Gasteiger partial charge in [-0.15, -0.1) is 0 Å². The molecule has 0 aliphatic carbocycles. The standard InChI is InChI=1S/C26H28N2O5/c1-4-27-23(29)20-21(24(27)30)26(25(31)33-3)14-5-15-28(26)22(20)18-8-6-16(7-9-18)17-10-12-19(32-2)13-11-17/h6-13,20-22H,4-5,14-15H2,1-3H3/t20-,21-,22-,26+/m1/s1. The van der Waals surface area contributed by atoms with Gasteiger partial charge in [0.2, 0.25) is 11.8 Å². The van der Waals surface area contributed by atoms with Crippen molar-refractivity contribution in [3.63, 3.8) is 0 Å². The van der Waals surface area contributed by atoms with E-state index in [2.05, 4.69) is 4.90 Å². The number of imide groups is 1. The zero-order valence-electron chi connectivity index (χ0n) is 19.1. The first-order valence-corrected chi connectivity index (χ1v) is 11.4. The van der Waals surface area contributed by atoms with Crippen molar-refractivity contribution in [3.8, 4) is 16.9 Å². The zero-order valence-corrected chi connectivity index (χ0v) is 19.1. The third-order valence-corrected chi connectivity index (χ3v) is 7.63. The second-order valence-corrected chi connectivity index (χ2v) is 8.93. The molecule has 3 aliphatic rings. The molecule has 0 spiro atoms. The summed E-state index contributed by atoms with van der Waals surface area (Å²) in [5.74, 6) is -1.33. The Hall–Kier alpha value is -3.19. The summed E-state index contributed by atoms with van der Waals surface area (Å²) in [6, 6.07) is 15.6. The summed E-state index contributed by atoms with van der Waals surface area (Å²) >= 11 is 0. The van der Waals surface area contributed by atoms with Crippen LogP contribution in [0.15, 0.2) is 48.5 Å². The van der Waals surface area contributed by atoms with E-state index in [-0.39, 0.29) is 17.9 Å². The fourth-order valence-corrected chi connectivity index (χ4v) is 6.23. The minimum atomic E-state index is -1.07. The van der Waals surface area contributed by atoms with Gasteiger partial charge in [0.05, 0.1) is 26.1 Å². The molecule has 7 heteroatoms. The molecule has 3 saturated heterocycles. The maximum absolute atomic E-state index is 13.4. The average Bonchev–Trinajstić information content (AvgIpc) is 3.47. The third-order valence-electron chi connectivity index (χ3n) is 7.63. The Kier molecular flexibility index (Phi) is 5.24. The van der Waals surface area contributed by atoms with Crippen LogP contribution in [-0.2, 0) is 19.1 Å². The number of hydrogen-bond acceptors (Lipinski definition) is 6. The lowest BCUT2D eigenvalue weighted by atomic mass is 9.77. The van der Waals surface area contributed by atoms with Crippen molar-refractivity contribution < 1.29 is 23.9 Å². The van der Waals surface area contributed by atoms with E-state index < -0.39 is 23.3 Å². The number of esters is 1. The fourth-order valence-electron chi connectivity index (χ4n) is 6.23. The van der Waals surface area contributed by atoms with Crippen LogP contribution in [0.4, 0.5) is 0 Å². The molecule has 2 aromatic rings. The summed E-state index contributed by atoms with van der Waals surface area (Å²) in [7, 11) is 3.00. The Labute approximate surface area is 193 Å². The number of carbonyl (C=O) groups excluding carboxylic acids is 3. The van der Waals surface area contributed by atoms with Crippen molar-refractivity contribution in [2.24, 2.45) is 11.8 Å². The lowest BCUT2D eigenvalue weighted by Crippen LogP contribution is -2.54. The van der Waals surface area contributed by atoms with E-state index in [9.17, 15) is 14.4 Å². The Morgan fingerprint density at radius 2 is 1.64 bits per heavy atom. The molecule has 0 unspecified atom stereocenters. The van der Waals surface area contributed by atoms with Crippen molar-refractivity contribution in [1.82, 2.24) is 9.80 Å². The Morgan fingerprint density at radius 1 is 1.00 bits per heavy atom. The van der Waals surface area contributed by atoms with Gasteiger partial charge in [-0.1, -0.05) is 36.4 Å². The van der Waals surface area contributed by atoms with E-state index in [0.717, 1.165) is 28.9 Å². The molecule has 4 atom stereocenters. The molecular weight excluding hydrogens is 420 g/mol. The van der Waals surface area contributed by atoms with E-state index in [0.29, 0.717) is 19.5 Å². The molecule has 0 bridgehead atoms. The van der Waals surface area contributed by atoms with Crippen LogP contribution in [0, 0.1) is 11.8 Å². The molecule has 3 fully saturated rings. The van der Waals surface area contributed by atoms with Gasteiger partial charge in [-0.05, 0) is 55.1 Å². The number of benzene rings is 2. The highest BCUT2D eigenvalue weighted by Gasteiger charge is 2.73. The van der Waals surface area contributed by atoms with Crippen LogP contribution < -0.4 is 4.74 Å². The van der Waals surface area contributed by atoms with E-state index >= 15 is 0 Å². The van der Waals surface area contributed by atoms with Gasteiger partial charge in [0.1, 0.15) is 11.3 Å². The van der Waals surface area contributed by atoms with Gasteiger partial charge in [0, 0.05) is 12.6 Å². The summed E-state index contributed by atoms with van der Waals surface area (Å²) in [6.07, 6.45) is 1.31. The van der Waals surface area contributed by atoms with Gasteiger partial charge < -0.3 is 9.47 Å². The topological polar surface area (TPSA) is 76.2 Å². The number of amides is 2. The molecule has 172 valence electrons. The lowest BCUT2D eigenvalue weighted by molar-refractivity contribution is -0.159. The maximum Gasteiger partial charge on any atom is 0.327 e.